The van der Waals surface area contributed by atoms with Crippen LogP contribution >= 0.6 is 0 Å². The smallest absolute Gasteiger partial charge is 0.248 e. The van der Waals surface area contributed by atoms with Gasteiger partial charge in [-0.3, -0.25) is 4.90 Å². The van der Waals surface area contributed by atoms with Gasteiger partial charge in [0.25, 0.3) is 0 Å². The maximum Gasteiger partial charge on any atom is 0.248 e. The van der Waals surface area contributed by atoms with Crippen LogP contribution < -0.4 is 5.73 Å². The Bertz CT molecular complexity index is 271. The zero-order chi connectivity index (χ0) is 13.2. The van der Waals surface area contributed by atoms with Gasteiger partial charge in [0.05, 0.1) is 0 Å². The summed E-state index contributed by atoms with van der Waals surface area (Å²) in [5, 5.41) is 0. The van der Waals surface area contributed by atoms with Gasteiger partial charge in [0, 0.05) is 32.0 Å². The molecule has 1 aliphatic heterocycles. The molecule has 2 nitrogen and oxygen atoms in total. The third-order valence-electron chi connectivity index (χ3n) is 4.61. The lowest BCUT2D eigenvalue weighted by molar-refractivity contribution is -0.0603. The van der Waals surface area contributed by atoms with Crippen LogP contribution in [0, 0.1) is 11.8 Å². The second-order valence-electron chi connectivity index (χ2n) is 6.33. The normalized spacial score (nSPS) is 37.7. The van der Waals surface area contributed by atoms with Crippen LogP contribution in [0.1, 0.15) is 45.4 Å². The van der Waals surface area contributed by atoms with Crippen molar-refractivity contribution in [3.05, 3.63) is 0 Å². The van der Waals surface area contributed by atoms with Crippen molar-refractivity contribution in [2.75, 3.05) is 19.6 Å². The minimum atomic E-state index is -2.43. The van der Waals surface area contributed by atoms with Gasteiger partial charge >= 0.3 is 0 Å². The summed E-state index contributed by atoms with van der Waals surface area (Å²) < 4.78 is 26.8. The number of nitrogens with two attached hydrogens (primary N) is 1. The molecule has 3 unspecified atom stereocenters. The largest absolute Gasteiger partial charge is 0.329 e. The molecule has 0 bridgehead atoms. The molecule has 0 radical (unpaired) electrons. The SMILES string of the molecule is CC1CCN(CC2CCCC(F)(F)C2)C(CN)C1. The molecule has 0 aromatic carbocycles. The third-order valence-corrected chi connectivity index (χ3v) is 4.61. The van der Waals surface area contributed by atoms with Crippen LogP contribution in [0.25, 0.3) is 0 Å². The number of piperidine rings is 1. The number of halogens is 2. The number of alkyl halides is 2. The second kappa shape index (κ2) is 5.83. The van der Waals surface area contributed by atoms with Crippen molar-refractivity contribution in [3.8, 4) is 0 Å². The number of hydrogen-bond donors (Lipinski definition) is 1. The summed E-state index contributed by atoms with van der Waals surface area (Å²) in [6.07, 6.45) is 4.10. The molecule has 4 heteroatoms. The van der Waals surface area contributed by atoms with E-state index < -0.39 is 5.92 Å². The van der Waals surface area contributed by atoms with Crippen molar-refractivity contribution in [1.29, 1.82) is 0 Å². The molecule has 1 aliphatic carbocycles. The summed E-state index contributed by atoms with van der Waals surface area (Å²) >= 11 is 0. The van der Waals surface area contributed by atoms with Crippen molar-refractivity contribution in [2.24, 2.45) is 17.6 Å². The Morgan fingerprint density at radius 3 is 2.78 bits per heavy atom. The lowest BCUT2D eigenvalue weighted by Gasteiger charge is -2.41. The number of likely N-dealkylation sites (tertiary alicyclic amines) is 1. The molecule has 0 aromatic rings. The molecule has 3 atom stereocenters. The molecule has 18 heavy (non-hydrogen) atoms. The zero-order valence-electron chi connectivity index (χ0n) is 11.4. The fourth-order valence-corrected chi connectivity index (χ4v) is 3.55. The maximum atomic E-state index is 13.4. The standard InChI is InChI=1S/C14H26F2N2/c1-11-4-6-18(13(7-11)9-17)10-12-3-2-5-14(15,16)8-12/h11-13H,2-10,17H2,1H3. The fourth-order valence-electron chi connectivity index (χ4n) is 3.55. The quantitative estimate of drug-likeness (QED) is 0.845. The van der Waals surface area contributed by atoms with Gasteiger partial charge in [0.2, 0.25) is 5.92 Å². The van der Waals surface area contributed by atoms with Crippen molar-refractivity contribution >= 4 is 0 Å². The number of nitrogens with zero attached hydrogens (tertiary/aromatic N) is 1. The Kier molecular flexibility index (Phi) is 4.59. The molecule has 2 N–H and O–H groups in total. The van der Waals surface area contributed by atoms with E-state index in [9.17, 15) is 8.78 Å². The minimum Gasteiger partial charge on any atom is -0.329 e. The van der Waals surface area contributed by atoms with Crippen LogP contribution in [0.15, 0.2) is 0 Å². The van der Waals surface area contributed by atoms with Gasteiger partial charge in [-0.15, -0.1) is 0 Å². The fraction of sp³-hybridized carbons (Fsp3) is 1.00. The van der Waals surface area contributed by atoms with Gasteiger partial charge in [0.15, 0.2) is 0 Å². The monoisotopic (exact) mass is 260 g/mol. The molecule has 0 aromatic heterocycles. The highest BCUT2D eigenvalue weighted by Gasteiger charge is 2.37. The minimum absolute atomic E-state index is 0.0797. The highest BCUT2D eigenvalue weighted by Crippen LogP contribution is 2.37. The topological polar surface area (TPSA) is 29.3 Å². The number of rotatable bonds is 3. The molecule has 1 saturated carbocycles. The van der Waals surface area contributed by atoms with Gasteiger partial charge in [-0.2, -0.15) is 0 Å². The summed E-state index contributed by atoms with van der Waals surface area (Å²) in [7, 11) is 0. The van der Waals surface area contributed by atoms with Crippen LogP contribution in [0.4, 0.5) is 8.78 Å². The lowest BCUT2D eigenvalue weighted by atomic mass is 9.84. The molecular weight excluding hydrogens is 234 g/mol. The zero-order valence-corrected chi connectivity index (χ0v) is 11.4. The Balaban J connectivity index is 1.88. The Labute approximate surface area is 109 Å². The van der Waals surface area contributed by atoms with Crippen LogP contribution in [0.2, 0.25) is 0 Å². The average molecular weight is 260 g/mol. The van der Waals surface area contributed by atoms with Gasteiger partial charge < -0.3 is 5.73 Å². The summed E-state index contributed by atoms with van der Waals surface area (Å²) in [4.78, 5) is 2.37. The molecule has 106 valence electrons. The van der Waals surface area contributed by atoms with Gasteiger partial charge in [-0.25, -0.2) is 8.78 Å². The van der Waals surface area contributed by atoms with Crippen LogP contribution in [-0.4, -0.2) is 36.5 Å². The van der Waals surface area contributed by atoms with E-state index in [1.165, 1.54) is 6.42 Å². The second-order valence-corrected chi connectivity index (χ2v) is 6.33. The van der Waals surface area contributed by atoms with E-state index in [2.05, 4.69) is 11.8 Å². The van der Waals surface area contributed by atoms with E-state index >= 15 is 0 Å². The Morgan fingerprint density at radius 2 is 2.11 bits per heavy atom. The van der Waals surface area contributed by atoms with E-state index in [4.69, 9.17) is 5.73 Å². The van der Waals surface area contributed by atoms with Gasteiger partial charge in [-0.05, 0) is 44.1 Å². The summed E-state index contributed by atoms with van der Waals surface area (Å²) in [6, 6.07) is 0.407. The predicted octanol–water partition coefficient (Wildman–Crippen LogP) is 2.87. The first-order chi connectivity index (χ1) is 8.50. The first-order valence-electron chi connectivity index (χ1n) is 7.32. The Morgan fingerprint density at radius 1 is 1.33 bits per heavy atom. The van der Waals surface area contributed by atoms with Gasteiger partial charge in [-0.1, -0.05) is 6.92 Å². The molecular formula is C14H26F2N2. The summed E-state index contributed by atoms with van der Waals surface area (Å²) in [6.45, 7) is 4.78. The Hall–Kier alpha value is -0.220. The van der Waals surface area contributed by atoms with E-state index in [1.807, 2.05) is 0 Å². The van der Waals surface area contributed by atoms with E-state index in [0.29, 0.717) is 19.0 Å². The molecule has 0 spiro atoms. The summed E-state index contributed by atoms with van der Waals surface area (Å²) in [5.41, 5.74) is 5.82. The molecule has 2 fully saturated rings. The highest BCUT2D eigenvalue weighted by atomic mass is 19.3. The van der Waals surface area contributed by atoms with Crippen molar-refractivity contribution in [1.82, 2.24) is 4.90 Å². The predicted molar refractivity (Wildman–Crippen MR) is 69.7 cm³/mol. The van der Waals surface area contributed by atoms with Crippen molar-refractivity contribution in [3.63, 3.8) is 0 Å². The molecule has 2 aliphatic rings. The highest BCUT2D eigenvalue weighted by molar-refractivity contribution is 4.85. The van der Waals surface area contributed by atoms with Crippen molar-refractivity contribution < 1.29 is 8.78 Å². The molecule has 1 heterocycles. The summed E-state index contributed by atoms with van der Waals surface area (Å²) in [5.74, 6) is -1.54. The van der Waals surface area contributed by atoms with Gasteiger partial charge in [0.1, 0.15) is 0 Å². The first-order valence-corrected chi connectivity index (χ1v) is 7.32. The molecule has 1 saturated heterocycles. The molecule has 0 amide bonds. The van der Waals surface area contributed by atoms with E-state index in [1.54, 1.807) is 0 Å². The maximum absolute atomic E-state index is 13.4. The third kappa shape index (κ3) is 3.64. The van der Waals surface area contributed by atoms with E-state index in [-0.39, 0.29) is 18.8 Å². The molecule has 2 rings (SSSR count). The lowest BCUT2D eigenvalue weighted by Crippen LogP contribution is -2.48. The van der Waals surface area contributed by atoms with Crippen LogP contribution in [0.5, 0.6) is 0 Å². The van der Waals surface area contributed by atoms with Crippen molar-refractivity contribution in [2.45, 2.75) is 57.4 Å². The first kappa shape index (κ1) is 14.2. The van der Waals surface area contributed by atoms with Crippen LogP contribution in [0.3, 0.4) is 0 Å². The number of hydrogen-bond acceptors (Lipinski definition) is 2. The van der Waals surface area contributed by atoms with Crippen LogP contribution in [-0.2, 0) is 0 Å². The average Bonchev–Trinajstić information content (AvgIpc) is 2.30. The van der Waals surface area contributed by atoms with E-state index in [0.717, 1.165) is 31.8 Å².